The Hall–Kier alpha value is -3.19. The van der Waals surface area contributed by atoms with Gasteiger partial charge >= 0.3 is 5.97 Å². The van der Waals surface area contributed by atoms with Gasteiger partial charge in [0.25, 0.3) is 5.69 Å². The van der Waals surface area contributed by atoms with E-state index in [1.807, 2.05) is 0 Å². The van der Waals surface area contributed by atoms with Crippen molar-refractivity contribution >= 4 is 35.0 Å². The van der Waals surface area contributed by atoms with Gasteiger partial charge in [-0.3, -0.25) is 14.9 Å². The number of carboxylic acids is 1. The summed E-state index contributed by atoms with van der Waals surface area (Å²) in [5.74, 6) is -1.06. The summed E-state index contributed by atoms with van der Waals surface area (Å²) in [6.07, 6.45) is 0. The predicted octanol–water partition coefficient (Wildman–Crippen LogP) is 3.49. The zero-order valence-electron chi connectivity index (χ0n) is 12.0. The first kappa shape index (κ1) is 17.2. The van der Waals surface area contributed by atoms with Crippen LogP contribution in [0.1, 0.15) is 10.4 Å². The lowest BCUT2D eigenvalue weighted by atomic mass is 10.1. The Morgan fingerprint density at radius 1 is 1.12 bits per heavy atom. The first-order chi connectivity index (χ1) is 11.0. The largest absolute Gasteiger partial charge is 0.478 e. The third kappa shape index (κ3) is 2.97. The van der Waals surface area contributed by atoms with Crippen LogP contribution in [-0.2, 0) is 0 Å². The number of rotatable bonds is 3. The molecule has 122 valence electrons. The molecule has 0 aliphatic carbocycles. The first-order valence-corrected chi connectivity index (χ1v) is 6.52. The van der Waals surface area contributed by atoms with Crippen LogP contribution in [0.3, 0.4) is 0 Å². The molecule has 0 unspecified atom stereocenters. The Balaban J connectivity index is 0.00000208. The second kappa shape index (κ2) is 6.51. The Morgan fingerprint density at radius 3 is 2.38 bits per heavy atom. The predicted molar refractivity (Wildman–Crippen MR) is 88.8 cm³/mol. The van der Waals surface area contributed by atoms with Gasteiger partial charge < -0.3 is 9.52 Å². The fourth-order valence-corrected chi connectivity index (χ4v) is 2.24. The number of benzene rings is 2. The van der Waals surface area contributed by atoms with Crippen molar-refractivity contribution in [3.05, 3.63) is 74.4 Å². The van der Waals surface area contributed by atoms with Gasteiger partial charge in [-0.2, -0.15) is 0 Å². The fourth-order valence-electron chi connectivity index (χ4n) is 2.24. The van der Waals surface area contributed by atoms with Gasteiger partial charge in [-0.15, -0.1) is 12.4 Å². The van der Waals surface area contributed by atoms with Crippen LogP contribution in [0.5, 0.6) is 0 Å². The highest BCUT2D eigenvalue weighted by molar-refractivity contribution is 6.01. The summed E-state index contributed by atoms with van der Waals surface area (Å²) in [7, 11) is 0. The maximum atomic E-state index is 12.2. The van der Waals surface area contributed by atoms with E-state index in [4.69, 9.17) is 4.42 Å². The SMILES string of the molecule is Cl.O=C(O)c1cccc2c(=O)cc(-c3ccc([N+](=O)[O-])cc3)oc12. The number of non-ortho nitro benzene ring substituents is 1. The molecular formula is C16H10ClNO6. The third-order valence-corrected chi connectivity index (χ3v) is 3.35. The number of halogens is 1. The highest BCUT2D eigenvalue weighted by Crippen LogP contribution is 2.26. The molecule has 7 nitrogen and oxygen atoms in total. The molecule has 0 aliphatic rings. The minimum Gasteiger partial charge on any atom is -0.478 e. The van der Waals surface area contributed by atoms with Gasteiger partial charge in [-0.05, 0) is 24.3 Å². The third-order valence-electron chi connectivity index (χ3n) is 3.35. The number of para-hydroxylation sites is 1. The molecule has 0 aliphatic heterocycles. The zero-order chi connectivity index (χ0) is 16.6. The second-order valence-corrected chi connectivity index (χ2v) is 4.77. The fraction of sp³-hybridized carbons (Fsp3) is 0. The summed E-state index contributed by atoms with van der Waals surface area (Å²) in [4.78, 5) is 33.5. The molecule has 3 rings (SSSR count). The molecule has 1 aromatic heterocycles. The van der Waals surface area contributed by atoms with Crippen molar-refractivity contribution in [1.82, 2.24) is 0 Å². The molecular weight excluding hydrogens is 338 g/mol. The van der Waals surface area contributed by atoms with Crippen molar-refractivity contribution in [2.24, 2.45) is 0 Å². The quantitative estimate of drug-likeness (QED) is 0.573. The first-order valence-electron chi connectivity index (χ1n) is 6.52. The van der Waals surface area contributed by atoms with Gasteiger partial charge in [0.15, 0.2) is 11.0 Å². The molecule has 0 amide bonds. The molecule has 1 heterocycles. The molecule has 2 aromatic carbocycles. The van der Waals surface area contributed by atoms with Gasteiger partial charge in [-0.1, -0.05) is 6.07 Å². The number of aromatic carboxylic acids is 1. The Labute approximate surface area is 140 Å². The molecule has 0 saturated heterocycles. The van der Waals surface area contributed by atoms with Crippen molar-refractivity contribution in [2.45, 2.75) is 0 Å². The summed E-state index contributed by atoms with van der Waals surface area (Å²) in [5.41, 5.74) is -0.190. The van der Waals surface area contributed by atoms with Crippen molar-refractivity contribution in [3.63, 3.8) is 0 Å². The molecule has 0 saturated carbocycles. The van der Waals surface area contributed by atoms with Gasteiger partial charge in [-0.25, -0.2) is 4.79 Å². The average Bonchev–Trinajstić information content (AvgIpc) is 2.54. The Kier molecular flexibility index (Phi) is 4.66. The van der Waals surface area contributed by atoms with Crippen molar-refractivity contribution in [2.75, 3.05) is 0 Å². The molecule has 1 N–H and O–H groups in total. The van der Waals surface area contributed by atoms with Crippen LogP contribution in [0.4, 0.5) is 5.69 Å². The number of nitrogens with zero attached hydrogens (tertiary/aromatic N) is 1. The van der Waals surface area contributed by atoms with E-state index < -0.39 is 10.9 Å². The number of fused-ring (bicyclic) bond motifs is 1. The molecule has 0 bridgehead atoms. The molecule has 0 spiro atoms. The minimum absolute atomic E-state index is 0. The van der Waals surface area contributed by atoms with Gasteiger partial charge in [0.1, 0.15) is 11.3 Å². The number of nitro benzene ring substituents is 1. The van der Waals surface area contributed by atoms with E-state index in [0.29, 0.717) is 5.56 Å². The highest BCUT2D eigenvalue weighted by atomic mass is 35.5. The lowest BCUT2D eigenvalue weighted by molar-refractivity contribution is -0.384. The molecule has 0 fully saturated rings. The van der Waals surface area contributed by atoms with Gasteiger partial charge in [0.2, 0.25) is 0 Å². The minimum atomic E-state index is -1.21. The van der Waals surface area contributed by atoms with E-state index >= 15 is 0 Å². The number of carbonyl (C=O) groups is 1. The lowest BCUT2D eigenvalue weighted by Gasteiger charge is -2.05. The summed E-state index contributed by atoms with van der Waals surface area (Å²) in [6, 6.07) is 11.0. The number of nitro groups is 1. The smallest absolute Gasteiger partial charge is 0.339 e. The van der Waals surface area contributed by atoms with Crippen LogP contribution < -0.4 is 5.43 Å². The summed E-state index contributed by atoms with van der Waals surface area (Å²) in [6.45, 7) is 0. The monoisotopic (exact) mass is 347 g/mol. The molecule has 8 heteroatoms. The Bertz CT molecular complexity index is 994. The van der Waals surface area contributed by atoms with Gasteiger partial charge in [0.05, 0.1) is 10.3 Å². The number of hydrogen-bond acceptors (Lipinski definition) is 5. The van der Waals surface area contributed by atoms with Crippen LogP contribution in [-0.4, -0.2) is 16.0 Å². The molecule has 3 aromatic rings. The summed E-state index contributed by atoms with van der Waals surface area (Å²) >= 11 is 0. The van der Waals surface area contributed by atoms with Crippen LogP contribution in [0, 0.1) is 10.1 Å². The summed E-state index contributed by atoms with van der Waals surface area (Å²) in [5, 5.41) is 20.0. The van der Waals surface area contributed by atoms with Crippen LogP contribution >= 0.6 is 12.4 Å². The van der Waals surface area contributed by atoms with E-state index in [1.54, 1.807) is 0 Å². The number of hydrogen-bond donors (Lipinski definition) is 1. The Morgan fingerprint density at radius 2 is 1.79 bits per heavy atom. The topological polar surface area (TPSA) is 111 Å². The number of carboxylic acid groups (broad SMARTS) is 1. The molecule has 0 radical (unpaired) electrons. The second-order valence-electron chi connectivity index (χ2n) is 4.77. The summed E-state index contributed by atoms with van der Waals surface area (Å²) < 4.78 is 5.57. The van der Waals surface area contributed by atoms with Crippen molar-refractivity contribution in [1.29, 1.82) is 0 Å². The average molecular weight is 348 g/mol. The zero-order valence-corrected chi connectivity index (χ0v) is 12.8. The van der Waals surface area contributed by atoms with E-state index in [9.17, 15) is 24.8 Å². The van der Waals surface area contributed by atoms with Crippen LogP contribution in [0.25, 0.3) is 22.3 Å². The maximum absolute atomic E-state index is 12.2. The van der Waals surface area contributed by atoms with Crippen molar-refractivity contribution < 1.29 is 19.2 Å². The molecule has 24 heavy (non-hydrogen) atoms. The van der Waals surface area contributed by atoms with Gasteiger partial charge in [0, 0.05) is 23.8 Å². The molecule has 0 atom stereocenters. The van der Waals surface area contributed by atoms with E-state index in [-0.39, 0.29) is 45.8 Å². The normalized spacial score (nSPS) is 10.2. The standard InChI is InChI=1S/C16H9NO6.ClH/c18-13-8-14(9-4-6-10(7-5-9)17(21)22)23-15-11(13)2-1-3-12(15)16(19)20;/h1-8H,(H,19,20);1H. The van der Waals surface area contributed by atoms with E-state index in [0.717, 1.165) is 0 Å². The van der Waals surface area contributed by atoms with E-state index in [2.05, 4.69) is 0 Å². The maximum Gasteiger partial charge on any atom is 0.339 e. The van der Waals surface area contributed by atoms with Crippen molar-refractivity contribution in [3.8, 4) is 11.3 Å². The highest BCUT2D eigenvalue weighted by Gasteiger charge is 2.15. The van der Waals surface area contributed by atoms with E-state index in [1.165, 1.54) is 48.5 Å². The lowest BCUT2D eigenvalue weighted by Crippen LogP contribution is -2.05. The van der Waals surface area contributed by atoms with Crippen LogP contribution in [0.2, 0.25) is 0 Å². The van der Waals surface area contributed by atoms with Crippen LogP contribution in [0.15, 0.2) is 57.7 Å².